The minimum atomic E-state index is -0.187. The second-order valence-electron chi connectivity index (χ2n) is 5.67. The second kappa shape index (κ2) is 3.70. The van der Waals surface area contributed by atoms with Crippen molar-refractivity contribution >= 4 is 5.91 Å². The number of nitrogens with zero attached hydrogens (tertiary/aromatic N) is 1. The molecule has 4 nitrogen and oxygen atoms in total. The molecule has 0 spiro atoms. The quantitative estimate of drug-likeness (QED) is 0.709. The van der Waals surface area contributed by atoms with Crippen LogP contribution in [0.2, 0.25) is 0 Å². The molecule has 1 saturated heterocycles. The van der Waals surface area contributed by atoms with Crippen LogP contribution in [0.4, 0.5) is 0 Å². The third kappa shape index (κ3) is 1.84. The summed E-state index contributed by atoms with van der Waals surface area (Å²) >= 11 is 0. The molecule has 1 unspecified atom stereocenters. The summed E-state index contributed by atoms with van der Waals surface area (Å²) < 4.78 is 0. The molecule has 0 bridgehead atoms. The number of amides is 1. The van der Waals surface area contributed by atoms with E-state index in [2.05, 4.69) is 10.2 Å². The van der Waals surface area contributed by atoms with Crippen LogP contribution in [0.5, 0.6) is 0 Å². The molecule has 1 aliphatic heterocycles. The molecule has 3 N–H and O–H groups in total. The Morgan fingerprint density at radius 2 is 2.12 bits per heavy atom. The van der Waals surface area contributed by atoms with Crippen LogP contribution in [0, 0.1) is 5.41 Å². The number of nitrogens with one attached hydrogen (secondary N) is 1. The summed E-state index contributed by atoms with van der Waals surface area (Å²) in [7, 11) is 0. The van der Waals surface area contributed by atoms with Gasteiger partial charge in [0.15, 0.2) is 0 Å². The molecule has 3 fully saturated rings. The van der Waals surface area contributed by atoms with E-state index in [0.29, 0.717) is 12.6 Å². The lowest BCUT2D eigenvalue weighted by Gasteiger charge is -2.18. The lowest BCUT2D eigenvalue weighted by molar-refractivity contribution is -0.126. The molecule has 1 heterocycles. The Hall–Kier alpha value is -0.610. The molecular formula is C12H21N3O. The minimum Gasteiger partial charge on any atom is -0.352 e. The fourth-order valence-electron chi connectivity index (χ4n) is 2.69. The monoisotopic (exact) mass is 223 g/mol. The molecule has 3 rings (SSSR count). The maximum Gasteiger partial charge on any atom is 0.227 e. The van der Waals surface area contributed by atoms with Crippen molar-refractivity contribution in [2.75, 3.05) is 19.6 Å². The zero-order chi connectivity index (χ0) is 11.2. The van der Waals surface area contributed by atoms with Gasteiger partial charge in [0.2, 0.25) is 5.91 Å². The van der Waals surface area contributed by atoms with E-state index in [0.717, 1.165) is 38.4 Å². The van der Waals surface area contributed by atoms with E-state index in [1.165, 1.54) is 12.8 Å². The normalized spacial score (nSPS) is 32.7. The third-order valence-corrected chi connectivity index (χ3v) is 4.34. The fourth-order valence-corrected chi connectivity index (χ4v) is 2.69. The Morgan fingerprint density at radius 3 is 2.69 bits per heavy atom. The first-order valence-electron chi connectivity index (χ1n) is 6.49. The minimum absolute atomic E-state index is 0.187. The predicted octanol–water partition coefficient (Wildman–Crippen LogP) is 0.0782. The van der Waals surface area contributed by atoms with E-state index < -0.39 is 0 Å². The van der Waals surface area contributed by atoms with Crippen molar-refractivity contribution < 1.29 is 4.79 Å². The van der Waals surface area contributed by atoms with Gasteiger partial charge in [-0.15, -0.1) is 0 Å². The van der Waals surface area contributed by atoms with E-state index in [4.69, 9.17) is 5.73 Å². The van der Waals surface area contributed by atoms with Crippen LogP contribution in [0.1, 0.15) is 32.1 Å². The highest BCUT2D eigenvalue weighted by atomic mass is 16.2. The van der Waals surface area contributed by atoms with Crippen molar-refractivity contribution in [1.29, 1.82) is 0 Å². The number of carbonyl (C=O) groups excluding carboxylic acids is 1. The smallest absolute Gasteiger partial charge is 0.227 e. The Balaban J connectivity index is 1.50. The van der Waals surface area contributed by atoms with Gasteiger partial charge in [0.25, 0.3) is 0 Å². The topological polar surface area (TPSA) is 58.4 Å². The van der Waals surface area contributed by atoms with E-state index in [1.54, 1.807) is 0 Å². The zero-order valence-electron chi connectivity index (χ0n) is 9.74. The molecular weight excluding hydrogens is 202 g/mol. The standard InChI is InChI=1S/C12H21N3O/c13-8-12(4-5-12)11(16)14-9-3-6-15(7-9)10-1-2-10/h9-10H,1-8,13H2,(H,14,16). The molecule has 90 valence electrons. The Morgan fingerprint density at radius 1 is 1.38 bits per heavy atom. The van der Waals surface area contributed by atoms with Crippen molar-refractivity contribution in [3.05, 3.63) is 0 Å². The van der Waals surface area contributed by atoms with Crippen LogP contribution in [0.25, 0.3) is 0 Å². The summed E-state index contributed by atoms with van der Waals surface area (Å²) in [6.45, 7) is 2.72. The van der Waals surface area contributed by atoms with Crippen molar-refractivity contribution in [3.8, 4) is 0 Å². The van der Waals surface area contributed by atoms with Crippen LogP contribution >= 0.6 is 0 Å². The summed E-state index contributed by atoms with van der Waals surface area (Å²) in [5, 5.41) is 3.18. The Kier molecular flexibility index (Phi) is 2.44. The number of rotatable bonds is 4. The van der Waals surface area contributed by atoms with Gasteiger partial charge in [-0.05, 0) is 32.1 Å². The highest BCUT2D eigenvalue weighted by Crippen LogP contribution is 2.44. The van der Waals surface area contributed by atoms with E-state index in [1.807, 2.05) is 0 Å². The van der Waals surface area contributed by atoms with Crippen molar-refractivity contribution in [2.24, 2.45) is 11.1 Å². The summed E-state index contributed by atoms with van der Waals surface area (Å²) in [6, 6.07) is 1.20. The molecule has 0 aromatic rings. The maximum absolute atomic E-state index is 12.0. The van der Waals surface area contributed by atoms with Crippen LogP contribution in [0.15, 0.2) is 0 Å². The Labute approximate surface area is 96.5 Å². The molecule has 1 atom stereocenters. The average Bonchev–Trinajstić information content (AvgIpc) is 3.19. The van der Waals surface area contributed by atoms with Crippen LogP contribution < -0.4 is 11.1 Å². The predicted molar refractivity (Wildman–Crippen MR) is 61.9 cm³/mol. The third-order valence-electron chi connectivity index (χ3n) is 4.34. The average molecular weight is 223 g/mol. The number of hydrogen-bond donors (Lipinski definition) is 2. The highest BCUT2D eigenvalue weighted by Gasteiger charge is 2.49. The van der Waals surface area contributed by atoms with E-state index >= 15 is 0 Å². The van der Waals surface area contributed by atoms with Crippen molar-refractivity contribution in [2.45, 2.75) is 44.2 Å². The van der Waals surface area contributed by atoms with Gasteiger partial charge in [0.1, 0.15) is 0 Å². The summed E-state index contributed by atoms with van der Waals surface area (Å²) in [4.78, 5) is 14.5. The van der Waals surface area contributed by atoms with Gasteiger partial charge < -0.3 is 11.1 Å². The number of likely N-dealkylation sites (tertiary alicyclic amines) is 1. The molecule has 2 saturated carbocycles. The molecule has 0 aromatic heterocycles. The van der Waals surface area contributed by atoms with Gasteiger partial charge in [-0.3, -0.25) is 9.69 Å². The first-order valence-corrected chi connectivity index (χ1v) is 6.49. The fraction of sp³-hybridized carbons (Fsp3) is 0.917. The van der Waals surface area contributed by atoms with Gasteiger partial charge in [-0.1, -0.05) is 0 Å². The number of carbonyl (C=O) groups is 1. The van der Waals surface area contributed by atoms with Gasteiger partial charge in [-0.25, -0.2) is 0 Å². The first kappa shape index (κ1) is 10.5. The molecule has 2 aliphatic carbocycles. The van der Waals surface area contributed by atoms with Crippen molar-refractivity contribution in [3.63, 3.8) is 0 Å². The van der Waals surface area contributed by atoms with Gasteiger partial charge in [0.05, 0.1) is 5.41 Å². The molecule has 16 heavy (non-hydrogen) atoms. The lowest BCUT2D eigenvalue weighted by Crippen LogP contribution is -2.43. The van der Waals surface area contributed by atoms with Gasteiger partial charge in [-0.2, -0.15) is 0 Å². The zero-order valence-corrected chi connectivity index (χ0v) is 9.74. The van der Waals surface area contributed by atoms with Gasteiger partial charge >= 0.3 is 0 Å². The van der Waals surface area contributed by atoms with Crippen LogP contribution in [-0.2, 0) is 4.79 Å². The summed E-state index contributed by atoms with van der Waals surface area (Å²) in [6.07, 6.45) is 5.78. The van der Waals surface area contributed by atoms with Crippen molar-refractivity contribution in [1.82, 2.24) is 10.2 Å². The lowest BCUT2D eigenvalue weighted by atomic mass is 10.1. The van der Waals surface area contributed by atoms with E-state index in [9.17, 15) is 4.79 Å². The molecule has 0 radical (unpaired) electrons. The maximum atomic E-state index is 12.0. The molecule has 0 aromatic carbocycles. The number of hydrogen-bond acceptors (Lipinski definition) is 3. The summed E-state index contributed by atoms with van der Waals surface area (Å²) in [5.41, 5.74) is 5.47. The summed E-state index contributed by atoms with van der Waals surface area (Å²) in [5.74, 6) is 0.206. The number of nitrogens with two attached hydrogens (primary N) is 1. The SMILES string of the molecule is NCC1(C(=O)NC2CCN(C3CC3)C2)CC1. The molecule has 1 amide bonds. The molecule has 3 aliphatic rings. The second-order valence-corrected chi connectivity index (χ2v) is 5.67. The first-order chi connectivity index (χ1) is 7.73. The largest absolute Gasteiger partial charge is 0.352 e. The highest BCUT2D eigenvalue weighted by molar-refractivity contribution is 5.85. The van der Waals surface area contributed by atoms with Crippen LogP contribution in [-0.4, -0.2) is 42.5 Å². The van der Waals surface area contributed by atoms with Crippen LogP contribution in [0.3, 0.4) is 0 Å². The molecule has 4 heteroatoms. The Bertz CT molecular complexity index is 297. The van der Waals surface area contributed by atoms with Gasteiger partial charge in [0, 0.05) is 31.7 Å². The van der Waals surface area contributed by atoms with E-state index in [-0.39, 0.29) is 11.3 Å².